The van der Waals surface area contributed by atoms with Gasteiger partial charge in [-0.25, -0.2) is 8.42 Å². The van der Waals surface area contributed by atoms with Gasteiger partial charge in [-0.3, -0.25) is 4.79 Å². The molecule has 0 bridgehead atoms. The van der Waals surface area contributed by atoms with E-state index in [1.807, 2.05) is 31.1 Å². The van der Waals surface area contributed by atoms with Crippen LogP contribution in [0.5, 0.6) is 0 Å². The second-order valence-electron chi connectivity index (χ2n) is 6.47. The van der Waals surface area contributed by atoms with Gasteiger partial charge in [0.15, 0.2) is 0 Å². The first-order chi connectivity index (χ1) is 12.4. The number of amides is 1. The van der Waals surface area contributed by atoms with Gasteiger partial charge in [0, 0.05) is 38.6 Å². The van der Waals surface area contributed by atoms with Crippen LogP contribution < -0.4 is 10.2 Å². The number of carbonyl (C=O) groups excluding carboxylic acids is 1. The number of nitrogens with zero attached hydrogens (tertiary/aromatic N) is 2. The lowest BCUT2D eigenvalue weighted by molar-refractivity contribution is 0.102. The molecule has 1 aromatic heterocycles. The van der Waals surface area contributed by atoms with Crippen LogP contribution in [-0.4, -0.2) is 45.8 Å². The van der Waals surface area contributed by atoms with E-state index in [4.69, 9.17) is 0 Å². The number of thiophene rings is 1. The lowest BCUT2D eigenvalue weighted by Gasteiger charge is -2.25. The molecule has 1 aromatic carbocycles. The Kier molecular flexibility index (Phi) is 5.64. The molecule has 0 saturated carbocycles. The quantitative estimate of drug-likeness (QED) is 0.847. The van der Waals surface area contributed by atoms with E-state index in [-0.39, 0.29) is 9.77 Å². The van der Waals surface area contributed by atoms with Crippen molar-refractivity contribution in [1.29, 1.82) is 0 Å². The summed E-state index contributed by atoms with van der Waals surface area (Å²) in [5.41, 5.74) is 1.66. The molecule has 8 heteroatoms. The lowest BCUT2D eigenvalue weighted by Crippen LogP contribution is -2.36. The predicted octanol–water partition coefficient (Wildman–Crippen LogP) is 3.24. The van der Waals surface area contributed by atoms with Crippen LogP contribution in [-0.2, 0) is 10.0 Å². The fraction of sp³-hybridized carbons (Fsp3) is 0.389. The standard InChI is InChI=1S/C18H23N3O3S2/c1-20(2)15-8-6-14(7-9-15)19-18(22)17-16(10-13-25-17)26(23,24)21-11-4-3-5-12-21/h6-10,13H,3-5,11-12H2,1-2H3,(H,19,22). The Hall–Kier alpha value is -1.90. The van der Waals surface area contributed by atoms with Crippen LogP contribution in [0, 0.1) is 0 Å². The Balaban J connectivity index is 1.80. The highest BCUT2D eigenvalue weighted by Crippen LogP contribution is 2.28. The predicted molar refractivity (Wildman–Crippen MR) is 106 cm³/mol. The summed E-state index contributed by atoms with van der Waals surface area (Å²) in [5.74, 6) is -0.395. The molecule has 6 nitrogen and oxygen atoms in total. The Labute approximate surface area is 158 Å². The van der Waals surface area contributed by atoms with Crippen LogP contribution in [0.3, 0.4) is 0 Å². The van der Waals surface area contributed by atoms with Crippen LogP contribution in [0.25, 0.3) is 0 Å². The van der Waals surface area contributed by atoms with Crippen LogP contribution in [0.1, 0.15) is 28.9 Å². The molecule has 0 spiro atoms. The molecule has 1 amide bonds. The summed E-state index contributed by atoms with van der Waals surface area (Å²) >= 11 is 1.15. The van der Waals surface area contributed by atoms with E-state index in [0.717, 1.165) is 36.3 Å². The summed E-state index contributed by atoms with van der Waals surface area (Å²) < 4.78 is 27.3. The second kappa shape index (κ2) is 7.77. The first-order valence-corrected chi connectivity index (χ1v) is 10.9. The molecule has 1 fully saturated rings. The SMILES string of the molecule is CN(C)c1ccc(NC(=O)c2sccc2S(=O)(=O)N2CCCCC2)cc1. The molecule has 0 aliphatic carbocycles. The normalized spacial score (nSPS) is 15.6. The van der Waals surface area contributed by atoms with Crippen molar-refractivity contribution in [1.82, 2.24) is 4.31 Å². The number of hydrogen-bond donors (Lipinski definition) is 1. The molecule has 0 unspecified atom stereocenters. The number of piperidine rings is 1. The van der Waals surface area contributed by atoms with Crippen LogP contribution >= 0.6 is 11.3 Å². The zero-order chi connectivity index (χ0) is 18.7. The molecule has 1 saturated heterocycles. The van der Waals surface area contributed by atoms with Gasteiger partial charge in [0.25, 0.3) is 5.91 Å². The molecule has 1 N–H and O–H groups in total. The van der Waals surface area contributed by atoms with Crippen molar-refractivity contribution in [2.75, 3.05) is 37.4 Å². The van der Waals surface area contributed by atoms with Gasteiger partial charge in [0.2, 0.25) is 10.0 Å². The number of anilines is 2. The molecule has 1 aliphatic heterocycles. The number of benzene rings is 1. The van der Waals surface area contributed by atoms with E-state index in [0.29, 0.717) is 18.8 Å². The van der Waals surface area contributed by atoms with Gasteiger partial charge in [-0.05, 0) is 48.6 Å². The number of carbonyl (C=O) groups is 1. The van der Waals surface area contributed by atoms with E-state index >= 15 is 0 Å². The molecule has 3 rings (SSSR count). The van der Waals surface area contributed by atoms with Crippen LogP contribution in [0.15, 0.2) is 40.6 Å². The van der Waals surface area contributed by atoms with E-state index in [1.54, 1.807) is 17.5 Å². The topological polar surface area (TPSA) is 69.7 Å². The van der Waals surface area contributed by atoms with Crippen molar-refractivity contribution in [3.63, 3.8) is 0 Å². The number of sulfonamides is 1. The average molecular weight is 394 g/mol. The smallest absolute Gasteiger partial charge is 0.267 e. The zero-order valence-electron chi connectivity index (χ0n) is 14.9. The average Bonchev–Trinajstić information content (AvgIpc) is 3.14. The van der Waals surface area contributed by atoms with Gasteiger partial charge < -0.3 is 10.2 Å². The molecular formula is C18H23N3O3S2. The lowest BCUT2D eigenvalue weighted by atomic mass is 10.2. The summed E-state index contributed by atoms with van der Waals surface area (Å²) in [7, 11) is 0.255. The van der Waals surface area contributed by atoms with E-state index in [1.165, 1.54) is 10.4 Å². The number of rotatable bonds is 5. The largest absolute Gasteiger partial charge is 0.378 e. The molecule has 0 atom stereocenters. The molecule has 26 heavy (non-hydrogen) atoms. The van der Waals surface area contributed by atoms with Gasteiger partial charge in [-0.15, -0.1) is 11.3 Å². The first kappa shape index (κ1) is 18.9. The van der Waals surface area contributed by atoms with Crippen molar-refractivity contribution in [2.24, 2.45) is 0 Å². The Bertz CT molecular complexity index is 867. The minimum Gasteiger partial charge on any atom is -0.378 e. The molecular weight excluding hydrogens is 370 g/mol. The Morgan fingerprint density at radius 3 is 2.35 bits per heavy atom. The summed E-state index contributed by atoms with van der Waals surface area (Å²) in [5, 5.41) is 4.45. The molecule has 2 aromatic rings. The van der Waals surface area contributed by atoms with Crippen molar-refractivity contribution < 1.29 is 13.2 Å². The van der Waals surface area contributed by atoms with Gasteiger partial charge in [0.05, 0.1) is 0 Å². The monoisotopic (exact) mass is 393 g/mol. The summed E-state index contributed by atoms with van der Waals surface area (Å²) in [6.45, 7) is 1.04. The molecule has 1 aliphatic rings. The summed E-state index contributed by atoms with van der Waals surface area (Å²) in [6, 6.07) is 8.93. The summed E-state index contributed by atoms with van der Waals surface area (Å²) in [4.78, 5) is 14.9. The molecule has 140 valence electrons. The minimum atomic E-state index is -3.63. The Morgan fingerprint density at radius 1 is 1.08 bits per heavy atom. The van der Waals surface area contributed by atoms with Crippen molar-refractivity contribution >= 4 is 38.6 Å². The van der Waals surface area contributed by atoms with Crippen molar-refractivity contribution in [3.8, 4) is 0 Å². The highest BCUT2D eigenvalue weighted by Gasteiger charge is 2.31. The van der Waals surface area contributed by atoms with Crippen molar-refractivity contribution in [3.05, 3.63) is 40.6 Å². The zero-order valence-corrected chi connectivity index (χ0v) is 16.6. The first-order valence-electron chi connectivity index (χ1n) is 8.56. The van der Waals surface area contributed by atoms with Crippen molar-refractivity contribution in [2.45, 2.75) is 24.2 Å². The number of hydrogen-bond acceptors (Lipinski definition) is 5. The Morgan fingerprint density at radius 2 is 1.73 bits per heavy atom. The highest BCUT2D eigenvalue weighted by molar-refractivity contribution is 7.89. The molecule has 0 radical (unpaired) electrons. The second-order valence-corrected chi connectivity index (χ2v) is 9.30. The van der Waals surface area contributed by atoms with Gasteiger partial charge in [-0.1, -0.05) is 6.42 Å². The summed E-state index contributed by atoms with van der Waals surface area (Å²) in [6.07, 6.45) is 2.78. The third kappa shape index (κ3) is 3.92. The molecule has 2 heterocycles. The minimum absolute atomic E-state index is 0.104. The van der Waals surface area contributed by atoms with Gasteiger partial charge in [0.1, 0.15) is 9.77 Å². The maximum atomic E-state index is 12.9. The third-order valence-corrected chi connectivity index (χ3v) is 7.39. The van der Waals surface area contributed by atoms with E-state index in [9.17, 15) is 13.2 Å². The third-order valence-electron chi connectivity index (χ3n) is 4.41. The fourth-order valence-electron chi connectivity index (χ4n) is 2.94. The highest BCUT2D eigenvalue weighted by atomic mass is 32.2. The van der Waals surface area contributed by atoms with E-state index < -0.39 is 15.9 Å². The van der Waals surface area contributed by atoms with Crippen LogP contribution in [0.2, 0.25) is 0 Å². The van der Waals surface area contributed by atoms with Gasteiger partial charge >= 0.3 is 0 Å². The van der Waals surface area contributed by atoms with E-state index in [2.05, 4.69) is 5.32 Å². The van der Waals surface area contributed by atoms with Crippen LogP contribution in [0.4, 0.5) is 11.4 Å². The maximum Gasteiger partial charge on any atom is 0.267 e. The number of nitrogens with one attached hydrogen (secondary N) is 1. The fourth-order valence-corrected chi connectivity index (χ4v) is 5.75. The maximum absolute atomic E-state index is 12.9. The van der Waals surface area contributed by atoms with Gasteiger partial charge in [-0.2, -0.15) is 4.31 Å².